The minimum Gasteiger partial charge on any atom is -0.461 e. The molecule has 0 saturated carbocycles. The Hall–Kier alpha value is -2.63. The molecular weight excluding hydrogens is 307 g/mol. The third kappa shape index (κ3) is 5.25. The van der Waals surface area contributed by atoms with Crippen LogP contribution in [0.1, 0.15) is 16.7 Å². The Bertz CT molecular complexity index is 662. The topological polar surface area (TPSA) is 30.2 Å². The molecule has 6 heteroatoms. The minimum absolute atomic E-state index is 0.301. The maximum absolute atomic E-state index is 12.5. The first-order valence-electron chi connectivity index (χ1n) is 6.89. The van der Waals surface area contributed by atoms with Crippen molar-refractivity contribution >= 4 is 18.6 Å². The van der Waals surface area contributed by atoms with E-state index in [9.17, 15) is 18.0 Å². The van der Waals surface area contributed by atoms with Crippen LogP contribution < -0.4 is 4.57 Å². The van der Waals surface area contributed by atoms with Gasteiger partial charge in [-0.05, 0) is 23.3 Å². The summed E-state index contributed by atoms with van der Waals surface area (Å²) in [5.41, 5.74) is 0.944. The van der Waals surface area contributed by atoms with E-state index in [0.717, 1.165) is 17.7 Å². The van der Waals surface area contributed by atoms with Crippen LogP contribution in [0.25, 0.3) is 12.2 Å². The minimum atomic E-state index is -4.32. The lowest BCUT2D eigenvalue weighted by Crippen LogP contribution is -2.34. The highest BCUT2D eigenvalue weighted by Crippen LogP contribution is 2.29. The molecule has 120 valence electrons. The molecule has 2 rings (SSSR count). The van der Waals surface area contributed by atoms with E-state index in [2.05, 4.69) is 4.74 Å². The predicted molar refractivity (Wildman–Crippen MR) is 79.0 cm³/mol. The molecule has 0 spiro atoms. The van der Waals surface area contributed by atoms with Crippen LogP contribution in [0.3, 0.4) is 0 Å². The average Bonchev–Trinajstić information content (AvgIpc) is 2.54. The third-order valence-electron chi connectivity index (χ3n) is 3.16. The smallest absolute Gasteiger partial charge is 0.416 e. The van der Waals surface area contributed by atoms with Crippen molar-refractivity contribution in [3.63, 3.8) is 0 Å². The Labute approximate surface area is 131 Å². The second kappa shape index (κ2) is 7.58. The molecule has 2 aromatic rings. The fourth-order valence-electron chi connectivity index (χ4n) is 1.91. The number of halogens is 3. The quantitative estimate of drug-likeness (QED) is 0.464. The fourth-order valence-corrected chi connectivity index (χ4v) is 1.91. The van der Waals surface area contributed by atoms with E-state index in [4.69, 9.17) is 0 Å². The van der Waals surface area contributed by atoms with E-state index >= 15 is 0 Å². The number of rotatable bonds is 6. The van der Waals surface area contributed by atoms with Crippen LogP contribution in [0.4, 0.5) is 13.2 Å². The Morgan fingerprint density at radius 3 is 2.04 bits per heavy atom. The number of ether oxygens (including phenoxy) is 1. The lowest BCUT2D eigenvalue weighted by atomic mass is 10.1. The Kier molecular flexibility index (Phi) is 5.51. The van der Waals surface area contributed by atoms with Crippen molar-refractivity contribution in [2.75, 3.05) is 6.61 Å². The summed E-state index contributed by atoms with van der Waals surface area (Å²) < 4.78 is 43.9. The molecule has 0 amide bonds. The molecule has 0 aliphatic rings. The summed E-state index contributed by atoms with van der Waals surface area (Å²) in [6, 6.07) is 8.71. The zero-order valence-corrected chi connectivity index (χ0v) is 12.2. The number of alkyl halides is 3. The van der Waals surface area contributed by atoms with Crippen molar-refractivity contribution < 1.29 is 27.3 Å². The summed E-state index contributed by atoms with van der Waals surface area (Å²) in [6.45, 7) is 1.26. The summed E-state index contributed by atoms with van der Waals surface area (Å²) in [6.07, 6.45) is 2.91. The van der Waals surface area contributed by atoms with Crippen molar-refractivity contribution in [2.45, 2.75) is 12.7 Å². The van der Waals surface area contributed by atoms with Gasteiger partial charge >= 0.3 is 6.18 Å². The van der Waals surface area contributed by atoms with E-state index in [-0.39, 0.29) is 0 Å². The molecule has 23 heavy (non-hydrogen) atoms. The number of benzene rings is 1. The maximum atomic E-state index is 12.5. The normalized spacial score (nSPS) is 11.6. The molecule has 1 heterocycles. The molecule has 0 aliphatic heterocycles. The Balaban J connectivity index is 1.98. The van der Waals surface area contributed by atoms with E-state index in [1.807, 2.05) is 35.2 Å². The number of aromatic nitrogens is 1. The predicted octanol–water partition coefficient (Wildman–Crippen LogP) is 3.34. The molecular formula is C17H15F3NO2+. The Morgan fingerprint density at radius 1 is 0.957 bits per heavy atom. The van der Waals surface area contributed by atoms with Crippen LogP contribution in [-0.2, 0) is 22.3 Å². The Morgan fingerprint density at radius 2 is 1.52 bits per heavy atom. The number of hydrogen-bond donors (Lipinski definition) is 0. The molecule has 0 aliphatic carbocycles. The van der Waals surface area contributed by atoms with Crippen LogP contribution >= 0.6 is 0 Å². The number of pyridine rings is 1. The first kappa shape index (κ1) is 16.7. The van der Waals surface area contributed by atoms with Crippen LogP contribution in [0.2, 0.25) is 0 Å². The molecule has 1 aromatic heterocycles. The molecule has 0 unspecified atom stereocenters. The van der Waals surface area contributed by atoms with Gasteiger partial charge in [-0.3, -0.25) is 4.79 Å². The van der Waals surface area contributed by atoms with Gasteiger partial charge in [-0.1, -0.05) is 24.3 Å². The van der Waals surface area contributed by atoms with Gasteiger partial charge in [-0.2, -0.15) is 13.2 Å². The van der Waals surface area contributed by atoms with Crippen LogP contribution in [-0.4, -0.2) is 13.1 Å². The molecule has 3 nitrogen and oxygen atoms in total. The van der Waals surface area contributed by atoms with Crippen molar-refractivity contribution in [2.24, 2.45) is 0 Å². The number of hydrogen-bond acceptors (Lipinski definition) is 2. The molecule has 0 radical (unpaired) electrons. The highest BCUT2D eigenvalue weighted by molar-refractivity contribution is 5.69. The zero-order valence-electron chi connectivity index (χ0n) is 12.2. The highest BCUT2D eigenvalue weighted by Gasteiger charge is 2.29. The highest BCUT2D eigenvalue weighted by atomic mass is 19.4. The standard InChI is InChI=1S/C17H15F3NO2/c18-17(19,20)16-5-3-14(4-6-16)1-2-15-7-9-21(10-8-15)11-12-23-13-22/h1-10,13H,11-12H2/q+1/b2-1+. The van der Waals surface area contributed by atoms with Gasteiger partial charge < -0.3 is 4.74 Å². The van der Waals surface area contributed by atoms with Gasteiger partial charge in [0.05, 0.1) is 5.56 Å². The van der Waals surface area contributed by atoms with E-state index in [0.29, 0.717) is 25.2 Å². The third-order valence-corrected chi connectivity index (χ3v) is 3.16. The molecule has 0 N–H and O–H groups in total. The van der Waals surface area contributed by atoms with Gasteiger partial charge in [0.15, 0.2) is 18.9 Å². The van der Waals surface area contributed by atoms with E-state index < -0.39 is 11.7 Å². The van der Waals surface area contributed by atoms with Gasteiger partial charge in [-0.25, -0.2) is 4.57 Å². The molecule has 1 aromatic carbocycles. The lowest BCUT2D eigenvalue weighted by Gasteiger charge is -2.05. The van der Waals surface area contributed by atoms with Crippen molar-refractivity contribution in [1.82, 2.24) is 0 Å². The lowest BCUT2D eigenvalue weighted by molar-refractivity contribution is -0.697. The summed E-state index contributed by atoms with van der Waals surface area (Å²) in [4.78, 5) is 10.0. The van der Waals surface area contributed by atoms with Crippen LogP contribution in [0.5, 0.6) is 0 Å². The van der Waals surface area contributed by atoms with E-state index in [1.54, 1.807) is 6.08 Å². The SMILES string of the molecule is O=COCC[n+]1ccc(/C=C/c2ccc(C(F)(F)F)cc2)cc1. The number of carbonyl (C=O) groups is 1. The van der Waals surface area contributed by atoms with Crippen molar-refractivity contribution in [3.05, 3.63) is 65.5 Å². The largest absolute Gasteiger partial charge is 0.461 e. The first-order chi connectivity index (χ1) is 11.0. The van der Waals surface area contributed by atoms with Crippen molar-refractivity contribution in [3.8, 4) is 0 Å². The number of nitrogens with zero attached hydrogens (tertiary/aromatic N) is 1. The summed E-state index contributed by atoms with van der Waals surface area (Å²) in [5, 5.41) is 0. The second-order valence-corrected chi connectivity index (χ2v) is 4.79. The van der Waals surface area contributed by atoms with Gasteiger partial charge in [0, 0.05) is 12.1 Å². The molecule has 0 bridgehead atoms. The average molecular weight is 322 g/mol. The fraction of sp³-hybridized carbons (Fsp3) is 0.176. The zero-order chi connectivity index (χ0) is 16.7. The van der Waals surface area contributed by atoms with Gasteiger partial charge in [-0.15, -0.1) is 0 Å². The van der Waals surface area contributed by atoms with Gasteiger partial charge in [0.2, 0.25) is 0 Å². The van der Waals surface area contributed by atoms with Crippen LogP contribution in [0.15, 0.2) is 48.8 Å². The molecule has 0 saturated heterocycles. The maximum Gasteiger partial charge on any atom is 0.416 e. The van der Waals surface area contributed by atoms with Gasteiger partial charge in [0.25, 0.3) is 6.47 Å². The summed E-state index contributed by atoms with van der Waals surface area (Å²) in [7, 11) is 0. The second-order valence-electron chi connectivity index (χ2n) is 4.79. The van der Waals surface area contributed by atoms with Gasteiger partial charge in [0.1, 0.15) is 6.61 Å². The molecule has 0 atom stereocenters. The number of carbonyl (C=O) groups excluding carboxylic acids is 1. The monoisotopic (exact) mass is 322 g/mol. The molecule has 0 fully saturated rings. The van der Waals surface area contributed by atoms with Crippen molar-refractivity contribution in [1.29, 1.82) is 0 Å². The summed E-state index contributed by atoms with van der Waals surface area (Å²) >= 11 is 0. The first-order valence-corrected chi connectivity index (χ1v) is 6.89. The summed E-state index contributed by atoms with van der Waals surface area (Å²) in [5.74, 6) is 0. The van der Waals surface area contributed by atoms with E-state index in [1.165, 1.54) is 12.1 Å². The van der Waals surface area contributed by atoms with Crippen LogP contribution in [0, 0.1) is 0 Å².